The average molecular weight is 256 g/mol. The quantitative estimate of drug-likeness (QED) is 0.754. The molecule has 1 aliphatic heterocycles. The normalized spacial score (nSPS) is 20.2. The summed E-state index contributed by atoms with van der Waals surface area (Å²) in [6.45, 7) is 6.45. The summed E-state index contributed by atoms with van der Waals surface area (Å²) in [6, 6.07) is 0. The van der Waals surface area contributed by atoms with Gasteiger partial charge in [-0.15, -0.1) is 0 Å². The molecule has 1 atom stereocenters. The molecule has 1 N–H and O–H groups in total. The summed E-state index contributed by atoms with van der Waals surface area (Å²) < 4.78 is 0. The van der Waals surface area contributed by atoms with Crippen LogP contribution < -0.4 is 0 Å². The van der Waals surface area contributed by atoms with Gasteiger partial charge in [-0.1, -0.05) is 6.92 Å². The maximum Gasteiger partial charge on any atom is 0.303 e. The number of likely N-dealkylation sites (tertiary alicyclic amines) is 1. The van der Waals surface area contributed by atoms with Crippen LogP contribution >= 0.6 is 0 Å². The van der Waals surface area contributed by atoms with E-state index in [0.717, 1.165) is 19.0 Å². The minimum atomic E-state index is -0.689. The number of nitrogens with zero attached hydrogens (tertiary/aromatic N) is 2. The first kappa shape index (κ1) is 15.4. The van der Waals surface area contributed by atoms with Gasteiger partial charge in [0.1, 0.15) is 0 Å². The second-order valence-electron chi connectivity index (χ2n) is 6.00. The Balaban J connectivity index is 2.12. The van der Waals surface area contributed by atoms with Crippen molar-refractivity contribution in [1.29, 1.82) is 0 Å². The van der Waals surface area contributed by atoms with Crippen molar-refractivity contribution in [2.45, 2.75) is 32.6 Å². The third kappa shape index (κ3) is 6.36. The van der Waals surface area contributed by atoms with E-state index in [-0.39, 0.29) is 12.3 Å². The molecule has 1 unspecified atom stereocenters. The highest BCUT2D eigenvalue weighted by Crippen LogP contribution is 2.19. The molecule has 0 spiro atoms. The summed E-state index contributed by atoms with van der Waals surface area (Å²) in [5.74, 6) is 0.412. The van der Waals surface area contributed by atoms with E-state index in [1.165, 1.54) is 32.4 Å². The van der Waals surface area contributed by atoms with Gasteiger partial charge in [-0.3, -0.25) is 4.79 Å². The van der Waals surface area contributed by atoms with Gasteiger partial charge in [0.25, 0.3) is 0 Å². The first-order chi connectivity index (χ1) is 8.47. The Hall–Kier alpha value is -0.610. The van der Waals surface area contributed by atoms with Crippen LogP contribution in [-0.2, 0) is 4.79 Å². The second kappa shape index (κ2) is 7.74. The zero-order chi connectivity index (χ0) is 13.5. The van der Waals surface area contributed by atoms with Crippen LogP contribution in [0, 0.1) is 11.8 Å². The van der Waals surface area contributed by atoms with Crippen LogP contribution in [0.2, 0.25) is 0 Å². The molecule has 1 heterocycles. The average Bonchev–Trinajstić information content (AvgIpc) is 2.27. The maximum absolute atomic E-state index is 10.6. The van der Waals surface area contributed by atoms with Crippen LogP contribution in [0.5, 0.6) is 0 Å². The molecule has 0 aromatic carbocycles. The highest BCUT2D eigenvalue weighted by molar-refractivity contribution is 5.66. The zero-order valence-electron chi connectivity index (χ0n) is 12.1. The predicted octanol–water partition coefficient (Wildman–Crippen LogP) is 1.76. The lowest BCUT2D eigenvalue weighted by molar-refractivity contribution is -0.138. The summed E-state index contributed by atoms with van der Waals surface area (Å²) in [6.07, 6.45) is 4.16. The van der Waals surface area contributed by atoms with E-state index in [4.69, 9.17) is 5.11 Å². The molecule has 4 heteroatoms. The van der Waals surface area contributed by atoms with Crippen molar-refractivity contribution in [2.75, 3.05) is 40.3 Å². The van der Waals surface area contributed by atoms with Gasteiger partial charge in [0.15, 0.2) is 0 Å². The Kier molecular flexibility index (Phi) is 6.65. The largest absolute Gasteiger partial charge is 0.481 e. The molecule has 0 radical (unpaired) electrons. The number of carboxylic acids is 1. The lowest BCUT2D eigenvalue weighted by atomic mass is 9.93. The molecular formula is C14H28N2O2. The van der Waals surface area contributed by atoms with Gasteiger partial charge in [-0.05, 0) is 64.8 Å². The molecule has 1 fully saturated rings. The van der Waals surface area contributed by atoms with E-state index in [0.29, 0.717) is 0 Å². The lowest BCUT2D eigenvalue weighted by Gasteiger charge is -2.30. The highest BCUT2D eigenvalue weighted by Gasteiger charge is 2.17. The van der Waals surface area contributed by atoms with Gasteiger partial charge >= 0.3 is 5.97 Å². The van der Waals surface area contributed by atoms with Crippen LogP contribution in [0.1, 0.15) is 32.6 Å². The van der Waals surface area contributed by atoms with Gasteiger partial charge in [-0.2, -0.15) is 0 Å². The molecule has 106 valence electrons. The van der Waals surface area contributed by atoms with E-state index in [9.17, 15) is 4.79 Å². The van der Waals surface area contributed by atoms with Gasteiger partial charge in [0.05, 0.1) is 0 Å². The summed E-state index contributed by atoms with van der Waals surface area (Å²) in [4.78, 5) is 15.3. The number of piperidine rings is 1. The van der Waals surface area contributed by atoms with Gasteiger partial charge in [-0.25, -0.2) is 0 Å². The van der Waals surface area contributed by atoms with Crippen molar-refractivity contribution in [3.8, 4) is 0 Å². The van der Waals surface area contributed by atoms with E-state index in [1.54, 1.807) is 0 Å². The molecule has 1 aliphatic rings. The summed E-state index contributed by atoms with van der Waals surface area (Å²) in [7, 11) is 4.29. The molecule has 0 aromatic heterocycles. The van der Waals surface area contributed by atoms with Gasteiger partial charge in [0, 0.05) is 13.0 Å². The molecule has 1 saturated heterocycles. The molecule has 0 saturated carbocycles. The van der Waals surface area contributed by atoms with Crippen molar-refractivity contribution in [2.24, 2.45) is 11.8 Å². The maximum atomic E-state index is 10.6. The molecule has 0 aromatic rings. The van der Waals surface area contributed by atoms with E-state index in [1.807, 2.05) is 6.92 Å². The van der Waals surface area contributed by atoms with Crippen molar-refractivity contribution in [1.82, 2.24) is 9.80 Å². The minimum Gasteiger partial charge on any atom is -0.481 e. The van der Waals surface area contributed by atoms with Crippen molar-refractivity contribution >= 4 is 5.97 Å². The third-order valence-electron chi connectivity index (χ3n) is 3.90. The fraction of sp³-hybridized carbons (Fsp3) is 0.929. The Morgan fingerprint density at radius 1 is 1.44 bits per heavy atom. The van der Waals surface area contributed by atoms with Crippen molar-refractivity contribution < 1.29 is 9.90 Å². The topological polar surface area (TPSA) is 43.8 Å². The SMILES string of the molecule is CC(CC(=O)O)CN(C)CCC1CCN(C)CC1. The molecule has 0 bridgehead atoms. The Labute approximate surface area is 111 Å². The number of carbonyl (C=O) groups is 1. The van der Waals surface area contributed by atoms with E-state index < -0.39 is 5.97 Å². The first-order valence-corrected chi connectivity index (χ1v) is 7.06. The zero-order valence-corrected chi connectivity index (χ0v) is 12.1. The van der Waals surface area contributed by atoms with Crippen molar-refractivity contribution in [3.63, 3.8) is 0 Å². The second-order valence-corrected chi connectivity index (χ2v) is 6.00. The van der Waals surface area contributed by atoms with E-state index >= 15 is 0 Å². The van der Waals surface area contributed by atoms with Crippen LogP contribution in [-0.4, -0.2) is 61.2 Å². The molecular weight excluding hydrogens is 228 g/mol. The number of hydrogen-bond acceptors (Lipinski definition) is 3. The fourth-order valence-corrected chi connectivity index (χ4v) is 2.74. The highest BCUT2D eigenvalue weighted by atomic mass is 16.4. The van der Waals surface area contributed by atoms with E-state index in [2.05, 4.69) is 23.9 Å². The van der Waals surface area contributed by atoms with Crippen molar-refractivity contribution in [3.05, 3.63) is 0 Å². The molecule has 4 nitrogen and oxygen atoms in total. The monoisotopic (exact) mass is 256 g/mol. The smallest absolute Gasteiger partial charge is 0.303 e. The van der Waals surface area contributed by atoms with Crippen LogP contribution in [0.4, 0.5) is 0 Å². The number of aliphatic carboxylic acids is 1. The lowest BCUT2D eigenvalue weighted by Crippen LogP contribution is -2.33. The number of rotatable bonds is 7. The first-order valence-electron chi connectivity index (χ1n) is 7.06. The Bertz CT molecular complexity index is 250. The van der Waals surface area contributed by atoms with Gasteiger partial charge in [0.2, 0.25) is 0 Å². The van der Waals surface area contributed by atoms with Crippen LogP contribution in [0.25, 0.3) is 0 Å². The van der Waals surface area contributed by atoms with Crippen LogP contribution in [0.3, 0.4) is 0 Å². The summed E-state index contributed by atoms with van der Waals surface area (Å²) >= 11 is 0. The predicted molar refractivity (Wildman–Crippen MR) is 73.8 cm³/mol. The third-order valence-corrected chi connectivity index (χ3v) is 3.90. The van der Waals surface area contributed by atoms with Crippen LogP contribution in [0.15, 0.2) is 0 Å². The number of hydrogen-bond donors (Lipinski definition) is 1. The van der Waals surface area contributed by atoms with Gasteiger partial charge < -0.3 is 14.9 Å². The molecule has 1 rings (SSSR count). The Morgan fingerprint density at radius 2 is 2.06 bits per heavy atom. The summed E-state index contributed by atoms with van der Waals surface area (Å²) in [5.41, 5.74) is 0. The molecule has 0 aliphatic carbocycles. The number of carboxylic acid groups (broad SMARTS) is 1. The fourth-order valence-electron chi connectivity index (χ4n) is 2.74. The molecule has 18 heavy (non-hydrogen) atoms. The summed E-state index contributed by atoms with van der Waals surface area (Å²) in [5, 5.41) is 8.73. The minimum absolute atomic E-state index is 0.241. The Morgan fingerprint density at radius 3 is 2.61 bits per heavy atom. The standard InChI is InChI=1S/C14H28N2O2/c1-12(10-14(17)18)11-16(3)9-6-13-4-7-15(2)8-5-13/h12-13H,4-11H2,1-3H3,(H,17,18). The molecule has 0 amide bonds.